The molecule has 0 atom stereocenters. The maximum Gasteiger partial charge on any atom is 0.311 e. The van der Waals surface area contributed by atoms with Crippen LogP contribution in [0.2, 0.25) is 0 Å². The molecule has 1 N–H and O–H groups in total. The summed E-state index contributed by atoms with van der Waals surface area (Å²) in [6.07, 6.45) is 3.79. The molecule has 1 aromatic rings. The quantitative estimate of drug-likeness (QED) is 0.840. The van der Waals surface area contributed by atoms with Crippen LogP contribution in [0.1, 0.15) is 45.6 Å². The van der Waals surface area contributed by atoms with Crippen molar-refractivity contribution in [1.82, 2.24) is 0 Å². The van der Waals surface area contributed by atoms with E-state index in [1.54, 1.807) is 26.8 Å². The van der Waals surface area contributed by atoms with E-state index in [2.05, 4.69) is 5.32 Å². The molecule has 6 nitrogen and oxygen atoms in total. The fourth-order valence-corrected chi connectivity index (χ4v) is 3.00. The molecule has 1 fully saturated rings. The lowest BCUT2D eigenvalue weighted by Crippen LogP contribution is -2.36. The van der Waals surface area contributed by atoms with Gasteiger partial charge in [-0.05, 0) is 70.2 Å². The summed E-state index contributed by atoms with van der Waals surface area (Å²) in [7, 11) is 0. The second kappa shape index (κ2) is 7.09. The van der Waals surface area contributed by atoms with Crippen molar-refractivity contribution in [3.05, 3.63) is 23.8 Å². The molecule has 0 aromatic heterocycles. The Kier molecular flexibility index (Phi) is 5.03. The second-order valence-electron chi connectivity index (χ2n) is 8.09. The van der Waals surface area contributed by atoms with E-state index in [4.69, 9.17) is 4.74 Å². The van der Waals surface area contributed by atoms with Gasteiger partial charge in [-0.2, -0.15) is 0 Å². The number of carbonyl (C=O) groups excluding carboxylic acids is 3. The van der Waals surface area contributed by atoms with E-state index in [0.717, 1.165) is 43.5 Å². The Morgan fingerprint density at radius 3 is 2.62 bits per heavy atom. The van der Waals surface area contributed by atoms with E-state index in [0.29, 0.717) is 5.69 Å². The summed E-state index contributed by atoms with van der Waals surface area (Å²) < 4.78 is 5.03. The topological polar surface area (TPSA) is 75.7 Å². The zero-order valence-electron chi connectivity index (χ0n) is 15.6. The summed E-state index contributed by atoms with van der Waals surface area (Å²) >= 11 is 0. The Morgan fingerprint density at radius 1 is 1.23 bits per heavy atom. The number of amides is 2. The number of benzene rings is 1. The summed E-state index contributed by atoms with van der Waals surface area (Å²) in [5.41, 5.74) is 2.03. The van der Waals surface area contributed by atoms with Crippen molar-refractivity contribution in [1.29, 1.82) is 0 Å². The lowest BCUT2D eigenvalue weighted by atomic mass is 9.97. The third-order valence-electron chi connectivity index (χ3n) is 4.62. The molecule has 0 spiro atoms. The Labute approximate surface area is 153 Å². The van der Waals surface area contributed by atoms with E-state index >= 15 is 0 Å². The van der Waals surface area contributed by atoms with E-state index < -0.39 is 11.4 Å². The number of nitrogens with one attached hydrogen (secondary N) is 1. The largest absolute Gasteiger partial charge is 0.455 e. The van der Waals surface area contributed by atoms with Gasteiger partial charge in [-0.15, -0.1) is 0 Å². The summed E-state index contributed by atoms with van der Waals surface area (Å²) in [6, 6.07) is 5.59. The molecule has 1 aromatic carbocycles. The third-order valence-corrected chi connectivity index (χ3v) is 4.62. The third kappa shape index (κ3) is 4.23. The van der Waals surface area contributed by atoms with Crippen LogP contribution < -0.4 is 10.2 Å². The molecule has 140 valence electrons. The first-order chi connectivity index (χ1) is 12.3. The van der Waals surface area contributed by atoms with Crippen LogP contribution in [0.5, 0.6) is 0 Å². The van der Waals surface area contributed by atoms with E-state index in [1.165, 1.54) is 0 Å². The predicted octanol–water partition coefficient (Wildman–Crippen LogP) is 2.90. The number of anilines is 2. The number of carbonyl (C=O) groups is 3. The SMILES string of the molecule is CC(C)(C)C(=O)OCC(=O)Nc1ccc2c(c1)CCCN2C(=O)C1CC1. The lowest BCUT2D eigenvalue weighted by Gasteiger charge is -2.30. The van der Waals surface area contributed by atoms with Crippen LogP contribution in [-0.2, 0) is 25.5 Å². The minimum Gasteiger partial charge on any atom is -0.455 e. The average Bonchev–Trinajstić information content (AvgIpc) is 3.42. The Hall–Kier alpha value is -2.37. The van der Waals surface area contributed by atoms with Gasteiger partial charge in [0.15, 0.2) is 6.61 Å². The lowest BCUT2D eigenvalue weighted by molar-refractivity contribution is -0.155. The highest BCUT2D eigenvalue weighted by molar-refractivity contribution is 5.98. The number of hydrogen-bond acceptors (Lipinski definition) is 4. The second-order valence-corrected chi connectivity index (χ2v) is 8.09. The Morgan fingerprint density at radius 2 is 1.96 bits per heavy atom. The monoisotopic (exact) mass is 358 g/mol. The first-order valence-corrected chi connectivity index (χ1v) is 9.17. The molecule has 2 aliphatic rings. The van der Waals surface area contributed by atoms with Gasteiger partial charge in [-0.3, -0.25) is 14.4 Å². The summed E-state index contributed by atoms with van der Waals surface area (Å²) in [5, 5.41) is 2.76. The number of nitrogens with zero attached hydrogens (tertiary/aromatic N) is 1. The predicted molar refractivity (Wildman–Crippen MR) is 98.9 cm³/mol. The number of rotatable bonds is 4. The minimum absolute atomic E-state index is 0.192. The molecule has 0 bridgehead atoms. The fourth-order valence-electron chi connectivity index (χ4n) is 3.00. The van der Waals surface area contributed by atoms with Crippen LogP contribution in [0.15, 0.2) is 18.2 Å². The van der Waals surface area contributed by atoms with E-state index in [1.807, 2.05) is 17.0 Å². The molecule has 1 aliphatic heterocycles. The van der Waals surface area contributed by atoms with Crippen molar-refractivity contribution in [3.63, 3.8) is 0 Å². The van der Waals surface area contributed by atoms with Crippen LogP contribution in [0.4, 0.5) is 11.4 Å². The first-order valence-electron chi connectivity index (χ1n) is 9.17. The fraction of sp³-hybridized carbons (Fsp3) is 0.550. The van der Waals surface area contributed by atoms with Gasteiger partial charge in [0, 0.05) is 23.8 Å². The molecule has 0 unspecified atom stereocenters. The molecule has 1 saturated carbocycles. The number of fused-ring (bicyclic) bond motifs is 1. The Bertz CT molecular complexity index is 732. The number of esters is 1. The van der Waals surface area contributed by atoms with Crippen LogP contribution >= 0.6 is 0 Å². The standard InChI is InChI=1S/C20H26N2O4/c1-20(2,3)19(25)26-12-17(23)21-15-8-9-16-14(11-15)5-4-10-22(16)18(24)13-6-7-13/h8-9,11,13H,4-7,10,12H2,1-3H3,(H,21,23). The average molecular weight is 358 g/mol. The number of aryl methyl sites for hydroxylation is 1. The summed E-state index contributed by atoms with van der Waals surface area (Å²) in [5.74, 6) is -0.369. The molecule has 1 heterocycles. The molecule has 0 saturated heterocycles. The van der Waals surface area contributed by atoms with Crippen molar-refractivity contribution < 1.29 is 19.1 Å². The first kappa shape index (κ1) is 18.4. The van der Waals surface area contributed by atoms with E-state index in [-0.39, 0.29) is 24.3 Å². The summed E-state index contributed by atoms with van der Waals surface area (Å²) in [6.45, 7) is 5.68. The van der Waals surface area contributed by atoms with E-state index in [9.17, 15) is 14.4 Å². The molecular weight excluding hydrogens is 332 g/mol. The molecular formula is C20H26N2O4. The van der Waals surface area contributed by atoms with Gasteiger partial charge in [-0.25, -0.2) is 0 Å². The van der Waals surface area contributed by atoms with Crippen molar-refractivity contribution in [2.75, 3.05) is 23.4 Å². The highest BCUT2D eigenvalue weighted by Crippen LogP contribution is 2.36. The highest BCUT2D eigenvalue weighted by atomic mass is 16.5. The molecule has 3 rings (SSSR count). The van der Waals surface area contributed by atoms with Crippen LogP contribution in [0.25, 0.3) is 0 Å². The van der Waals surface area contributed by atoms with Crippen LogP contribution in [0, 0.1) is 11.3 Å². The summed E-state index contributed by atoms with van der Waals surface area (Å²) in [4.78, 5) is 38.1. The molecule has 6 heteroatoms. The van der Waals surface area contributed by atoms with Crippen LogP contribution in [-0.4, -0.2) is 30.9 Å². The van der Waals surface area contributed by atoms with Gasteiger partial charge in [0.2, 0.25) is 5.91 Å². The van der Waals surface area contributed by atoms with Crippen molar-refractivity contribution in [2.45, 2.75) is 46.5 Å². The molecule has 2 amide bonds. The van der Waals surface area contributed by atoms with Gasteiger partial charge in [0.1, 0.15) is 0 Å². The highest BCUT2D eigenvalue weighted by Gasteiger charge is 2.35. The minimum atomic E-state index is -0.635. The van der Waals surface area contributed by atoms with Gasteiger partial charge in [0.05, 0.1) is 5.41 Å². The molecule has 26 heavy (non-hydrogen) atoms. The van der Waals surface area contributed by atoms with Gasteiger partial charge in [-0.1, -0.05) is 0 Å². The Balaban J connectivity index is 1.62. The number of hydrogen-bond donors (Lipinski definition) is 1. The zero-order chi connectivity index (χ0) is 18.9. The van der Waals surface area contributed by atoms with Gasteiger partial charge < -0.3 is 15.0 Å². The van der Waals surface area contributed by atoms with Crippen molar-refractivity contribution in [3.8, 4) is 0 Å². The smallest absolute Gasteiger partial charge is 0.311 e. The zero-order valence-corrected chi connectivity index (χ0v) is 15.6. The van der Waals surface area contributed by atoms with Crippen LogP contribution in [0.3, 0.4) is 0 Å². The van der Waals surface area contributed by atoms with Gasteiger partial charge >= 0.3 is 5.97 Å². The number of ether oxygens (including phenoxy) is 1. The molecule has 1 aliphatic carbocycles. The maximum atomic E-state index is 12.4. The normalized spacial score (nSPS) is 16.7. The maximum absolute atomic E-state index is 12.4. The van der Waals surface area contributed by atoms with Crippen molar-refractivity contribution in [2.24, 2.45) is 11.3 Å². The van der Waals surface area contributed by atoms with Gasteiger partial charge in [0.25, 0.3) is 5.91 Å². The van der Waals surface area contributed by atoms with Crippen molar-refractivity contribution >= 4 is 29.2 Å². The molecule has 0 radical (unpaired) electrons.